The Hall–Kier alpha value is -1.79. The van der Waals surface area contributed by atoms with Crippen molar-refractivity contribution >= 4 is 54.4 Å². The second-order valence-corrected chi connectivity index (χ2v) is 5.88. The van der Waals surface area contributed by atoms with Gasteiger partial charge >= 0.3 is 0 Å². The van der Waals surface area contributed by atoms with Gasteiger partial charge in [0.05, 0.1) is 6.20 Å². The van der Waals surface area contributed by atoms with Gasteiger partial charge in [0.15, 0.2) is 5.82 Å². The van der Waals surface area contributed by atoms with Crippen LogP contribution in [0.2, 0.25) is 0 Å². The lowest BCUT2D eigenvalue weighted by Gasteiger charge is -2.08. The van der Waals surface area contributed by atoms with Gasteiger partial charge in [-0.15, -0.1) is 0 Å². The standard InChI is InChI=1S/C15H9Br2N3O/c16-12-8-18-14(13(17)19-12)20-15(21)11-7-3-5-9-4-1-2-6-10(9)11/h1-8H,(H,18,20,21). The predicted molar refractivity (Wildman–Crippen MR) is 89.3 cm³/mol. The molecule has 0 atom stereocenters. The van der Waals surface area contributed by atoms with Gasteiger partial charge in [0.25, 0.3) is 5.91 Å². The molecule has 1 N–H and O–H groups in total. The fraction of sp³-hybridized carbons (Fsp3) is 0. The van der Waals surface area contributed by atoms with E-state index >= 15 is 0 Å². The number of carbonyl (C=O) groups is 1. The Bertz CT molecular complexity index is 831. The third kappa shape index (κ3) is 2.96. The van der Waals surface area contributed by atoms with Crippen LogP contribution in [0.5, 0.6) is 0 Å². The van der Waals surface area contributed by atoms with Gasteiger partial charge in [-0.1, -0.05) is 36.4 Å². The number of hydrogen-bond acceptors (Lipinski definition) is 3. The van der Waals surface area contributed by atoms with E-state index in [0.717, 1.165) is 10.8 Å². The Morgan fingerprint density at radius 1 is 1.05 bits per heavy atom. The molecule has 4 nitrogen and oxygen atoms in total. The minimum atomic E-state index is -0.218. The van der Waals surface area contributed by atoms with Crippen LogP contribution in [0.1, 0.15) is 10.4 Å². The molecule has 0 aliphatic rings. The van der Waals surface area contributed by atoms with Crippen LogP contribution in [-0.2, 0) is 0 Å². The lowest BCUT2D eigenvalue weighted by atomic mass is 10.0. The first-order valence-corrected chi connectivity index (χ1v) is 7.71. The number of hydrogen-bond donors (Lipinski definition) is 1. The highest BCUT2D eigenvalue weighted by molar-refractivity contribution is 9.11. The van der Waals surface area contributed by atoms with Crippen molar-refractivity contribution in [3.63, 3.8) is 0 Å². The molecule has 1 aromatic heterocycles. The fourth-order valence-electron chi connectivity index (χ4n) is 2.03. The van der Waals surface area contributed by atoms with Gasteiger partial charge in [-0.3, -0.25) is 4.79 Å². The molecule has 3 rings (SSSR count). The van der Waals surface area contributed by atoms with Crippen LogP contribution in [0.15, 0.2) is 57.9 Å². The number of halogens is 2. The van der Waals surface area contributed by atoms with Gasteiger partial charge in [-0.05, 0) is 48.7 Å². The number of anilines is 1. The number of aromatic nitrogens is 2. The van der Waals surface area contributed by atoms with Crippen molar-refractivity contribution in [2.45, 2.75) is 0 Å². The summed E-state index contributed by atoms with van der Waals surface area (Å²) < 4.78 is 1.07. The third-order valence-corrected chi connectivity index (χ3v) is 3.90. The second kappa shape index (κ2) is 5.91. The zero-order chi connectivity index (χ0) is 14.8. The van der Waals surface area contributed by atoms with Crippen LogP contribution in [0.3, 0.4) is 0 Å². The van der Waals surface area contributed by atoms with Crippen LogP contribution >= 0.6 is 31.9 Å². The summed E-state index contributed by atoms with van der Waals surface area (Å²) in [4.78, 5) is 20.7. The molecule has 0 saturated carbocycles. The molecule has 6 heteroatoms. The zero-order valence-electron chi connectivity index (χ0n) is 10.7. The minimum absolute atomic E-state index is 0.218. The number of nitrogens with one attached hydrogen (secondary N) is 1. The largest absolute Gasteiger partial charge is 0.304 e. The molecule has 0 radical (unpaired) electrons. The van der Waals surface area contributed by atoms with Crippen LogP contribution < -0.4 is 5.32 Å². The minimum Gasteiger partial charge on any atom is -0.304 e. The van der Waals surface area contributed by atoms with Crippen LogP contribution in [-0.4, -0.2) is 15.9 Å². The van der Waals surface area contributed by atoms with Gasteiger partial charge in [-0.2, -0.15) is 0 Å². The molecule has 0 spiro atoms. The van der Waals surface area contributed by atoms with E-state index in [1.807, 2.05) is 36.4 Å². The molecule has 2 aromatic carbocycles. The van der Waals surface area contributed by atoms with Crippen molar-refractivity contribution in [2.75, 3.05) is 5.32 Å². The molecule has 0 bridgehead atoms. The van der Waals surface area contributed by atoms with Gasteiger partial charge in [-0.25, -0.2) is 9.97 Å². The molecule has 1 amide bonds. The van der Waals surface area contributed by atoms with Crippen LogP contribution in [0.4, 0.5) is 5.82 Å². The highest BCUT2D eigenvalue weighted by atomic mass is 79.9. The zero-order valence-corrected chi connectivity index (χ0v) is 13.8. The molecule has 0 saturated heterocycles. The van der Waals surface area contributed by atoms with Crippen LogP contribution in [0, 0.1) is 0 Å². The Kier molecular flexibility index (Phi) is 3.98. The van der Waals surface area contributed by atoms with E-state index in [9.17, 15) is 4.79 Å². The Labute approximate surface area is 137 Å². The maximum atomic E-state index is 12.5. The quantitative estimate of drug-likeness (QED) is 0.685. The molecule has 0 aliphatic carbocycles. The molecule has 0 unspecified atom stereocenters. The number of benzene rings is 2. The van der Waals surface area contributed by atoms with Crippen molar-refractivity contribution in [3.05, 3.63) is 63.4 Å². The molecule has 3 aromatic rings. The van der Waals surface area contributed by atoms with E-state index < -0.39 is 0 Å². The smallest absolute Gasteiger partial charge is 0.257 e. The molecule has 21 heavy (non-hydrogen) atoms. The van der Waals surface area contributed by atoms with Gasteiger partial charge < -0.3 is 5.32 Å². The first-order chi connectivity index (χ1) is 10.1. The monoisotopic (exact) mass is 405 g/mol. The average molecular weight is 407 g/mol. The normalized spacial score (nSPS) is 10.6. The lowest BCUT2D eigenvalue weighted by Crippen LogP contribution is -2.14. The SMILES string of the molecule is O=C(Nc1ncc(Br)nc1Br)c1cccc2ccccc12. The third-order valence-electron chi connectivity index (χ3n) is 2.97. The molecular weight excluding hydrogens is 398 g/mol. The van der Waals surface area contributed by atoms with Crippen molar-refractivity contribution in [1.29, 1.82) is 0 Å². The Morgan fingerprint density at radius 2 is 1.81 bits per heavy atom. The molecule has 0 aliphatic heterocycles. The van der Waals surface area contributed by atoms with Gasteiger partial charge in [0, 0.05) is 5.56 Å². The topological polar surface area (TPSA) is 54.9 Å². The summed E-state index contributed by atoms with van der Waals surface area (Å²) in [7, 11) is 0. The molecule has 1 heterocycles. The van der Waals surface area contributed by atoms with E-state index in [-0.39, 0.29) is 5.91 Å². The lowest BCUT2D eigenvalue weighted by molar-refractivity contribution is 0.102. The van der Waals surface area contributed by atoms with E-state index in [1.165, 1.54) is 6.20 Å². The highest BCUT2D eigenvalue weighted by Crippen LogP contribution is 2.22. The average Bonchev–Trinajstić information content (AvgIpc) is 2.49. The van der Waals surface area contributed by atoms with E-state index in [1.54, 1.807) is 6.07 Å². The number of carbonyl (C=O) groups excluding carboxylic acids is 1. The summed E-state index contributed by atoms with van der Waals surface area (Å²) in [5.74, 6) is 0.167. The molecule has 104 valence electrons. The Balaban J connectivity index is 1.97. The Morgan fingerprint density at radius 3 is 2.62 bits per heavy atom. The van der Waals surface area contributed by atoms with Crippen molar-refractivity contribution in [1.82, 2.24) is 9.97 Å². The van der Waals surface area contributed by atoms with E-state index in [0.29, 0.717) is 20.6 Å². The van der Waals surface area contributed by atoms with Crippen molar-refractivity contribution in [2.24, 2.45) is 0 Å². The maximum absolute atomic E-state index is 12.5. The number of nitrogens with zero attached hydrogens (tertiary/aromatic N) is 2. The van der Waals surface area contributed by atoms with Gasteiger partial charge in [0.1, 0.15) is 9.21 Å². The van der Waals surface area contributed by atoms with Crippen molar-refractivity contribution < 1.29 is 4.79 Å². The molecule has 0 fully saturated rings. The maximum Gasteiger partial charge on any atom is 0.257 e. The van der Waals surface area contributed by atoms with Crippen molar-refractivity contribution in [3.8, 4) is 0 Å². The predicted octanol–water partition coefficient (Wildman–Crippen LogP) is 4.41. The summed E-state index contributed by atoms with van der Waals surface area (Å²) in [5.41, 5.74) is 0.602. The summed E-state index contributed by atoms with van der Waals surface area (Å²) in [5, 5.41) is 4.69. The van der Waals surface area contributed by atoms with E-state index in [2.05, 4.69) is 47.1 Å². The number of rotatable bonds is 2. The van der Waals surface area contributed by atoms with Crippen LogP contribution in [0.25, 0.3) is 10.8 Å². The summed E-state index contributed by atoms with van der Waals surface area (Å²) in [6.45, 7) is 0. The molecular formula is C15H9Br2N3O. The summed E-state index contributed by atoms with van der Waals surface area (Å²) in [6.07, 6.45) is 1.53. The second-order valence-electron chi connectivity index (χ2n) is 4.31. The van der Waals surface area contributed by atoms with Gasteiger partial charge in [0.2, 0.25) is 0 Å². The first-order valence-electron chi connectivity index (χ1n) is 6.12. The number of fused-ring (bicyclic) bond motifs is 1. The highest BCUT2D eigenvalue weighted by Gasteiger charge is 2.13. The summed E-state index contributed by atoms with van der Waals surface area (Å²) in [6, 6.07) is 13.4. The first kappa shape index (κ1) is 14.2. The summed E-state index contributed by atoms with van der Waals surface area (Å²) >= 11 is 6.50. The van der Waals surface area contributed by atoms with E-state index in [4.69, 9.17) is 0 Å². The fourth-order valence-corrected chi connectivity index (χ4v) is 2.94. The number of amides is 1.